The van der Waals surface area contributed by atoms with E-state index in [2.05, 4.69) is 5.32 Å². The fraction of sp³-hybridized carbons (Fsp3) is 0.160. The minimum absolute atomic E-state index is 0.289. The van der Waals surface area contributed by atoms with E-state index >= 15 is 0 Å². The number of anilines is 1. The van der Waals surface area contributed by atoms with Crippen LogP contribution in [-0.2, 0) is 0 Å². The summed E-state index contributed by atoms with van der Waals surface area (Å²) in [5.41, 5.74) is 2.08. The normalized spacial score (nSPS) is 11.0. The van der Waals surface area contributed by atoms with Crippen LogP contribution in [0.4, 0.5) is 5.69 Å². The maximum Gasteiger partial charge on any atom is 0.191 e. The van der Waals surface area contributed by atoms with E-state index in [0.29, 0.717) is 55.6 Å². The van der Waals surface area contributed by atoms with Gasteiger partial charge in [-0.15, -0.1) is 0 Å². The highest BCUT2D eigenvalue weighted by molar-refractivity contribution is 6.35. The first kappa shape index (κ1) is 24.3. The summed E-state index contributed by atoms with van der Waals surface area (Å²) in [4.78, 5) is 13.3. The quantitative estimate of drug-likeness (QED) is 0.279. The van der Waals surface area contributed by atoms with Crippen LogP contribution < -0.4 is 24.3 Å². The van der Waals surface area contributed by atoms with E-state index in [0.717, 1.165) is 0 Å². The molecule has 0 bridgehead atoms. The summed E-state index contributed by atoms with van der Waals surface area (Å²) in [6, 6.07) is 15.3. The summed E-state index contributed by atoms with van der Waals surface area (Å²) in [5.74, 6) is 1.81. The Morgan fingerprint density at radius 2 is 1.24 bits per heavy atom. The number of carbonyl (C=O) groups excluding carboxylic acids is 1. The van der Waals surface area contributed by atoms with Gasteiger partial charge in [0, 0.05) is 39.5 Å². The van der Waals surface area contributed by atoms with Gasteiger partial charge in [0.25, 0.3) is 0 Å². The Labute approximate surface area is 202 Å². The summed E-state index contributed by atoms with van der Waals surface area (Å²) in [6.45, 7) is 0. The second-order valence-corrected chi connectivity index (χ2v) is 7.71. The third-order valence-electron chi connectivity index (χ3n) is 4.79. The number of rotatable bonds is 9. The molecule has 0 radical (unpaired) electrons. The maximum atomic E-state index is 13.3. The third-order valence-corrected chi connectivity index (χ3v) is 5.23. The molecule has 0 spiro atoms. The average Bonchev–Trinajstić information content (AvgIpc) is 2.81. The fourth-order valence-corrected chi connectivity index (χ4v) is 3.72. The van der Waals surface area contributed by atoms with E-state index in [4.69, 9.17) is 42.1 Å². The molecule has 0 unspecified atom stereocenters. The van der Waals surface area contributed by atoms with Crippen LogP contribution in [0.3, 0.4) is 0 Å². The number of ether oxygens (including phenoxy) is 4. The standard InChI is InChI=1S/C25H23Cl2NO5/c1-30-18-5-7-20(24(12-18)32-3)22(28-17-10-15(26)9-16(27)11-17)14-23(29)21-8-6-19(31-2)13-25(21)33-4/h5-14,28H,1-4H3/b22-14-. The van der Waals surface area contributed by atoms with Crippen molar-refractivity contribution in [1.82, 2.24) is 0 Å². The molecule has 6 nitrogen and oxygen atoms in total. The highest BCUT2D eigenvalue weighted by Gasteiger charge is 2.17. The number of hydrogen-bond acceptors (Lipinski definition) is 6. The molecule has 0 aromatic heterocycles. The molecular formula is C25H23Cl2NO5. The SMILES string of the molecule is COc1ccc(C(=O)/C=C(\Nc2cc(Cl)cc(Cl)c2)c2ccc(OC)cc2OC)c(OC)c1. The predicted octanol–water partition coefficient (Wildman–Crippen LogP) is 6.36. The van der Waals surface area contributed by atoms with Gasteiger partial charge >= 0.3 is 0 Å². The van der Waals surface area contributed by atoms with E-state index in [1.807, 2.05) is 0 Å². The molecule has 0 atom stereocenters. The van der Waals surface area contributed by atoms with Crippen molar-refractivity contribution in [3.05, 3.63) is 81.8 Å². The minimum Gasteiger partial charge on any atom is -0.497 e. The number of carbonyl (C=O) groups is 1. The monoisotopic (exact) mass is 487 g/mol. The highest BCUT2D eigenvalue weighted by Crippen LogP contribution is 2.33. The van der Waals surface area contributed by atoms with Crippen LogP contribution in [0.25, 0.3) is 5.70 Å². The van der Waals surface area contributed by atoms with Gasteiger partial charge in [-0.3, -0.25) is 4.79 Å². The Kier molecular flexibility index (Phi) is 8.09. The summed E-state index contributed by atoms with van der Waals surface area (Å²) in [6.07, 6.45) is 1.46. The lowest BCUT2D eigenvalue weighted by molar-refractivity contribution is 0.104. The zero-order chi connectivity index (χ0) is 24.0. The molecule has 3 aromatic carbocycles. The van der Waals surface area contributed by atoms with Gasteiger partial charge in [-0.05, 0) is 42.5 Å². The molecule has 0 saturated carbocycles. The van der Waals surface area contributed by atoms with E-state index < -0.39 is 0 Å². The maximum absolute atomic E-state index is 13.3. The molecule has 1 N–H and O–H groups in total. The Bertz CT molecular complexity index is 1170. The number of benzene rings is 3. The Morgan fingerprint density at radius 1 is 0.727 bits per heavy atom. The van der Waals surface area contributed by atoms with Crippen molar-refractivity contribution in [3.8, 4) is 23.0 Å². The van der Waals surface area contributed by atoms with E-state index in [-0.39, 0.29) is 5.78 Å². The van der Waals surface area contributed by atoms with Crippen molar-refractivity contribution < 1.29 is 23.7 Å². The summed E-state index contributed by atoms with van der Waals surface area (Å²) in [5, 5.41) is 4.14. The number of halogens is 2. The molecule has 0 heterocycles. The molecule has 172 valence electrons. The number of ketones is 1. The van der Waals surface area contributed by atoms with Gasteiger partial charge in [0.2, 0.25) is 0 Å². The second kappa shape index (κ2) is 11.0. The van der Waals surface area contributed by atoms with Crippen LogP contribution in [-0.4, -0.2) is 34.2 Å². The van der Waals surface area contributed by atoms with Gasteiger partial charge in [0.05, 0.1) is 39.7 Å². The lowest BCUT2D eigenvalue weighted by Gasteiger charge is -2.16. The van der Waals surface area contributed by atoms with E-state index in [1.165, 1.54) is 13.2 Å². The lowest BCUT2D eigenvalue weighted by Crippen LogP contribution is -2.06. The first-order valence-electron chi connectivity index (χ1n) is 9.82. The molecular weight excluding hydrogens is 465 g/mol. The summed E-state index contributed by atoms with van der Waals surface area (Å²) >= 11 is 12.3. The van der Waals surface area contributed by atoms with E-state index in [1.54, 1.807) is 75.9 Å². The zero-order valence-corrected chi connectivity index (χ0v) is 20.1. The van der Waals surface area contributed by atoms with Gasteiger partial charge in [-0.2, -0.15) is 0 Å². The van der Waals surface area contributed by atoms with Gasteiger partial charge in [0.1, 0.15) is 23.0 Å². The van der Waals surface area contributed by atoms with Gasteiger partial charge < -0.3 is 24.3 Å². The molecule has 0 aliphatic carbocycles. The Morgan fingerprint density at radius 3 is 1.76 bits per heavy atom. The van der Waals surface area contributed by atoms with Crippen molar-refractivity contribution in [1.29, 1.82) is 0 Å². The smallest absolute Gasteiger partial charge is 0.191 e. The first-order valence-corrected chi connectivity index (χ1v) is 10.6. The number of methoxy groups -OCH3 is 4. The van der Waals surface area contributed by atoms with Crippen LogP contribution in [0.15, 0.2) is 60.7 Å². The van der Waals surface area contributed by atoms with Crippen molar-refractivity contribution >= 4 is 40.4 Å². The van der Waals surface area contributed by atoms with Crippen LogP contribution in [0.2, 0.25) is 10.0 Å². The van der Waals surface area contributed by atoms with Crippen LogP contribution in [0.1, 0.15) is 15.9 Å². The summed E-state index contributed by atoms with van der Waals surface area (Å²) < 4.78 is 21.5. The van der Waals surface area contributed by atoms with Crippen LogP contribution >= 0.6 is 23.2 Å². The molecule has 0 aliphatic rings. The number of hydrogen-bond donors (Lipinski definition) is 1. The summed E-state index contributed by atoms with van der Waals surface area (Å²) in [7, 11) is 6.15. The topological polar surface area (TPSA) is 66.0 Å². The van der Waals surface area contributed by atoms with Gasteiger partial charge in [-0.25, -0.2) is 0 Å². The Hall–Kier alpha value is -3.35. The van der Waals surface area contributed by atoms with Gasteiger partial charge in [-0.1, -0.05) is 23.2 Å². The minimum atomic E-state index is -0.289. The van der Waals surface area contributed by atoms with Crippen molar-refractivity contribution in [2.75, 3.05) is 33.8 Å². The van der Waals surface area contributed by atoms with Crippen LogP contribution in [0.5, 0.6) is 23.0 Å². The molecule has 0 saturated heterocycles. The van der Waals surface area contributed by atoms with Crippen molar-refractivity contribution in [3.63, 3.8) is 0 Å². The van der Waals surface area contributed by atoms with E-state index in [9.17, 15) is 4.79 Å². The predicted molar refractivity (Wildman–Crippen MR) is 131 cm³/mol. The van der Waals surface area contributed by atoms with Crippen molar-refractivity contribution in [2.24, 2.45) is 0 Å². The molecule has 0 fully saturated rings. The molecule has 8 heteroatoms. The van der Waals surface area contributed by atoms with Gasteiger partial charge in [0.15, 0.2) is 5.78 Å². The fourth-order valence-electron chi connectivity index (χ4n) is 3.19. The molecule has 0 aliphatic heterocycles. The van der Waals surface area contributed by atoms with Crippen molar-refractivity contribution in [2.45, 2.75) is 0 Å². The highest BCUT2D eigenvalue weighted by atomic mass is 35.5. The average molecular weight is 488 g/mol. The molecule has 3 rings (SSSR count). The molecule has 33 heavy (non-hydrogen) atoms. The second-order valence-electron chi connectivity index (χ2n) is 6.84. The van der Waals surface area contributed by atoms with Crippen LogP contribution in [0, 0.1) is 0 Å². The molecule has 3 aromatic rings. The number of nitrogens with one attached hydrogen (secondary N) is 1. The zero-order valence-electron chi connectivity index (χ0n) is 18.6. The molecule has 0 amide bonds. The largest absolute Gasteiger partial charge is 0.497 e. The first-order chi connectivity index (χ1) is 15.9. The third kappa shape index (κ3) is 5.92. The number of allylic oxidation sites excluding steroid dienone is 1. The lowest BCUT2D eigenvalue weighted by atomic mass is 10.0. The Balaban J connectivity index is 2.12.